The topological polar surface area (TPSA) is 97.1 Å². The van der Waals surface area contributed by atoms with Gasteiger partial charge in [-0.1, -0.05) is 19.1 Å². The smallest absolute Gasteiger partial charge is 0.308 e. The number of carboxylic acid groups (broad SMARTS) is 1. The third-order valence-electron chi connectivity index (χ3n) is 3.49. The Morgan fingerprint density at radius 2 is 2.09 bits per heavy atom. The first-order chi connectivity index (χ1) is 10.4. The Morgan fingerprint density at radius 3 is 2.73 bits per heavy atom. The lowest BCUT2D eigenvalue weighted by Crippen LogP contribution is -2.33. The zero-order chi connectivity index (χ0) is 16.3. The van der Waals surface area contributed by atoms with E-state index in [1.54, 1.807) is 29.9 Å². The summed E-state index contributed by atoms with van der Waals surface area (Å²) >= 11 is 0. The lowest BCUT2D eigenvalue weighted by atomic mass is 9.97. The third-order valence-corrected chi connectivity index (χ3v) is 3.49. The summed E-state index contributed by atoms with van der Waals surface area (Å²) < 4.78 is 1.63. The number of aromatic nitrogens is 3. The van der Waals surface area contributed by atoms with Gasteiger partial charge in [0.05, 0.1) is 11.4 Å². The Morgan fingerprint density at radius 1 is 1.36 bits per heavy atom. The Bertz CT molecular complexity index is 693. The number of nitrogens with one attached hydrogen (secondary N) is 1. The van der Waals surface area contributed by atoms with Crippen LogP contribution in [0.25, 0.3) is 11.0 Å². The molecule has 0 aliphatic heterocycles. The van der Waals surface area contributed by atoms with Crippen LogP contribution in [-0.2, 0) is 11.8 Å². The Kier molecular flexibility index (Phi) is 4.75. The van der Waals surface area contributed by atoms with Crippen LogP contribution in [0.4, 0.5) is 0 Å². The lowest BCUT2D eigenvalue weighted by molar-refractivity contribution is -0.142. The second kappa shape index (κ2) is 6.55. The summed E-state index contributed by atoms with van der Waals surface area (Å²) in [5.74, 6) is -1.51. The second-order valence-corrected chi connectivity index (χ2v) is 5.79. The van der Waals surface area contributed by atoms with E-state index < -0.39 is 11.9 Å². The molecule has 0 aliphatic rings. The van der Waals surface area contributed by atoms with Crippen LogP contribution in [0.1, 0.15) is 30.6 Å². The van der Waals surface area contributed by atoms with E-state index in [1.165, 1.54) is 0 Å². The molecule has 1 aromatic heterocycles. The summed E-state index contributed by atoms with van der Waals surface area (Å²) in [7, 11) is 1.78. The van der Waals surface area contributed by atoms with E-state index >= 15 is 0 Å². The van der Waals surface area contributed by atoms with Crippen molar-refractivity contribution in [1.82, 2.24) is 20.3 Å². The molecule has 0 saturated heterocycles. The maximum absolute atomic E-state index is 12.1. The largest absolute Gasteiger partial charge is 0.481 e. The van der Waals surface area contributed by atoms with Crippen LogP contribution >= 0.6 is 0 Å². The first-order valence-electron chi connectivity index (χ1n) is 7.19. The van der Waals surface area contributed by atoms with Crippen LogP contribution in [0, 0.1) is 11.8 Å². The van der Waals surface area contributed by atoms with Crippen molar-refractivity contribution in [2.24, 2.45) is 18.9 Å². The number of hydrogen-bond acceptors (Lipinski definition) is 4. The number of aliphatic carboxylic acids is 1. The maximum atomic E-state index is 12.1. The van der Waals surface area contributed by atoms with Crippen LogP contribution in [-0.4, -0.2) is 38.5 Å². The fourth-order valence-corrected chi connectivity index (χ4v) is 2.34. The third kappa shape index (κ3) is 3.60. The van der Waals surface area contributed by atoms with Gasteiger partial charge in [0.1, 0.15) is 5.52 Å². The molecule has 0 saturated carbocycles. The molecule has 118 valence electrons. The minimum atomic E-state index is -0.890. The Hall–Kier alpha value is -2.44. The highest BCUT2D eigenvalue weighted by atomic mass is 16.4. The summed E-state index contributed by atoms with van der Waals surface area (Å²) in [6.45, 7) is 4.03. The molecule has 1 unspecified atom stereocenters. The normalized spacial score (nSPS) is 12.5. The number of fused-ring (bicyclic) bond motifs is 1. The molecule has 2 aromatic rings. The summed E-state index contributed by atoms with van der Waals surface area (Å²) in [6.07, 6.45) is 0.527. The number of carbonyl (C=O) groups excluding carboxylic acids is 1. The molecule has 1 aromatic carbocycles. The van der Waals surface area contributed by atoms with Gasteiger partial charge in [-0.25, -0.2) is 4.68 Å². The van der Waals surface area contributed by atoms with Crippen LogP contribution in [0.15, 0.2) is 18.2 Å². The van der Waals surface area contributed by atoms with Crippen molar-refractivity contribution in [1.29, 1.82) is 0 Å². The summed E-state index contributed by atoms with van der Waals surface area (Å²) in [5.41, 5.74) is 1.91. The number of carboxylic acids is 1. The van der Waals surface area contributed by atoms with Gasteiger partial charge in [-0.2, -0.15) is 0 Å². The first kappa shape index (κ1) is 15.9. The minimum absolute atomic E-state index is 0.116. The molecule has 0 spiro atoms. The number of rotatable bonds is 6. The number of nitrogens with zero attached hydrogens (tertiary/aromatic N) is 3. The van der Waals surface area contributed by atoms with Crippen molar-refractivity contribution in [2.45, 2.75) is 20.3 Å². The maximum Gasteiger partial charge on any atom is 0.308 e. The molecule has 22 heavy (non-hydrogen) atoms. The molecule has 1 amide bonds. The van der Waals surface area contributed by atoms with Crippen molar-refractivity contribution >= 4 is 22.9 Å². The zero-order valence-corrected chi connectivity index (χ0v) is 12.9. The highest BCUT2D eigenvalue weighted by Gasteiger charge is 2.20. The quantitative estimate of drug-likeness (QED) is 0.841. The number of carbonyl (C=O) groups is 2. The van der Waals surface area contributed by atoms with Crippen molar-refractivity contribution in [3.8, 4) is 0 Å². The number of hydrogen-bond donors (Lipinski definition) is 2. The highest BCUT2D eigenvalue weighted by molar-refractivity contribution is 5.97. The Labute approximate surface area is 128 Å². The molecule has 0 aliphatic carbocycles. The molecule has 2 rings (SSSR count). The van der Waals surface area contributed by atoms with Gasteiger partial charge in [0.25, 0.3) is 5.91 Å². The Balaban J connectivity index is 2.05. The van der Waals surface area contributed by atoms with Gasteiger partial charge in [-0.3, -0.25) is 9.59 Å². The van der Waals surface area contributed by atoms with E-state index in [0.717, 1.165) is 5.52 Å². The summed E-state index contributed by atoms with van der Waals surface area (Å²) in [5, 5.41) is 19.7. The average molecular weight is 304 g/mol. The van der Waals surface area contributed by atoms with Crippen LogP contribution in [0.5, 0.6) is 0 Å². The molecule has 7 nitrogen and oxygen atoms in total. The van der Waals surface area contributed by atoms with Gasteiger partial charge in [-0.15, -0.1) is 5.10 Å². The average Bonchev–Trinajstić information content (AvgIpc) is 2.83. The van der Waals surface area contributed by atoms with Gasteiger partial charge in [0, 0.05) is 19.2 Å². The van der Waals surface area contributed by atoms with Gasteiger partial charge < -0.3 is 10.4 Å². The first-order valence-corrected chi connectivity index (χ1v) is 7.19. The molecule has 2 N–H and O–H groups in total. The molecule has 7 heteroatoms. The number of amides is 1. The zero-order valence-electron chi connectivity index (χ0n) is 12.9. The number of aryl methyl sites for hydroxylation is 1. The van der Waals surface area contributed by atoms with Crippen LogP contribution < -0.4 is 5.32 Å². The van der Waals surface area contributed by atoms with Gasteiger partial charge in [0.2, 0.25) is 0 Å². The van der Waals surface area contributed by atoms with E-state index in [9.17, 15) is 14.7 Å². The van der Waals surface area contributed by atoms with Gasteiger partial charge in [0.15, 0.2) is 0 Å². The van der Waals surface area contributed by atoms with E-state index in [1.807, 2.05) is 13.8 Å². The molecular weight excluding hydrogens is 284 g/mol. The van der Waals surface area contributed by atoms with Crippen LogP contribution in [0.3, 0.4) is 0 Å². The van der Waals surface area contributed by atoms with Crippen LogP contribution in [0.2, 0.25) is 0 Å². The predicted octanol–water partition coefficient (Wildman–Crippen LogP) is 1.44. The summed E-state index contributed by atoms with van der Waals surface area (Å²) in [6, 6.07) is 5.10. The minimum Gasteiger partial charge on any atom is -0.481 e. The monoisotopic (exact) mass is 304 g/mol. The fraction of sp³-hybridized carbons (Fsp3) is 0.467. The van der Waals surface area contributed by atoms with E-state index in [-0.39, 0.29) is 18.4 Å². The molecular formula is C15H20N4O3. The molecule has 1 atom stereocenters. The fourth-order valence-electron chi connectivity index (χ4n) is 2.34. The second-order valence-electron chi connectivity index (χ2n) is 5.79. The van der Waals surface area contributed by atoms with Crippen molar-refractivity contribution in [2.75, 3.05) is 6.54 Å². The van der Waals surface area contributed by atoms with E-state index in [2.05, 4.69) is 15.6 Å². The number of benzene rings is 1. The van der Waals surface area contributed by atoms with E-state index in [0.29, 0.717) is 17.5 Å². The molecule has 0 bridgehead atoms. The van der Waals surface area contributed by atoms with Gasteiger partial charge in [-0.05, 0) is 30.5 Å². The lowest BCUT2D eigenvalue weighted by Gasteiger charge is -2.15. The standard InChI is InChI=1S/C15H20N4O3/c1-9(2)6-11(15(21)22)8-16-14(20)10-4-5-13-12(7-10)17-18-19(13)3/h4-5,7,9,11H,6,8H2,1-3H3,(H,16,20)(H,21,22). The van der Waals surface area contributed by atoms with Crippen molar-refractivity contribution < 1.29 is 14.7 Å². The van der Waals surface area contributed by atoms with E-state index in [4.69, 9.17) is 0 Å². The van der Waals surface area contributed by atoms with Gasteiger partial charge >= 0.3 is 5.97 Å². The molecule has 1 heterocycles. The molecule has 0 fully saturated rings. The molecule has 0 radical (unpaired) electrons. The summed E-state index contributed by atoms with van der Waals surface area (Å²) in [4.78, 5) is 23.3. The highest BCUT2D eigenvalue weighted by Crippen LogP contribution is 2.14. The van der Waals surface area contributed by atoms with Crippen molar-refractivity contribution in [3.63, 3.8) is 0 Å². The van der Waals surface area contributed by atoms with Crippen molar-refractivity contribution in [3.05, 3.63) is 23.8 Å². The SMILES string of the molecule is CC(C)CC(CNC(=O)c1ccc2c(c1)nnn2C)C(=O)O. The predicted molar refractivity (Wildman–Crippen MR) is 81.4 cm³/mol.